The molecule has 102 valence electrons. The zero-order valence-corrected chi connectivity index (χ0v) is 11.7. The molecule has 0 aliphatic rings. The molecule has 0 aliphatic carbocycles. The van der Waals surface area contributed by atoms with E-state index in [-0.39, 0.29) is 11.9 Å². The third-order valence-electron chi connectivity index (χ3n) is 3.16. The first-order valence-electron chi connectivity index (χ1n) is 6.30. The number of nitrogens with zero attached hydrogens (tertiary/aromatic N) is 4. The fourth-order valence-electron chi connectivity index (χ4n) is 1.89. The molecule has 6 heteroatoms. The van der Waals surface area contributed by atoms with E-state index in [2.05, 4.69) is 15.5 Å². The smallest absolute Gasteiger partial charge is 0.268 e. The molecule has 0 saturated heterocycles. The van der Waals surface area contributed by atoms with Gasteiger partial charge in [0.2, 0.25) is 0 Å². The van der Waals surface area contributed by atoms with Crippen molar-refractivity contribution in [3.8, 4) is 0 Å². The summed E-state index contributed by atoms with van der Waals surface area (Å²) in [5.74, 6) is 1.47. The van der Waals surface area contributed by atoms with Crippen molar-refractivity contribution in [2.75, 3.05) is 0 Å². The van der Waals surface area contributed by atoms with Gasteiger partial charge in [-0.15, -0.1) is 10.2 Å². The third kappa shape index (κ3) is 2.67. The lowest BCUT2D eigenvalue weighted by atomic mass is 10.3. The van der Waals surface area contributed by atoms with Crippen LogP contribution in [0, 0.1) is 6.92 Å². The highest BCUT2D eigenvalue weighted by Crippen LogP contribution is 2.10. The molecular formula is C13H19N5O. The zero-order valence-electron chi connectivity index (χ0n) is 11.7. The Hall–Kier alpha value is -2.11. The molecule has 2 rings (SSSR count). The second-order valence-electron chi connectivity index (χ2n) is 4.80. The zero-order chi connectivity index (χ0) is 14.0. The fourth-order valence-corrected chi connectivity index (χ4v) is 1.89. The Morgan fingerprint density at radius 1 is 1.42 bits per heavy atom. The normalized spacial score (nSPS) is 11.0. The van der Waals surface area contributed by atoms with Crippen LogP contribution >= 0.6 is 0 Å². The number of rotatable bonds is 4. The SMILES string of the molecule is Cc1nnc(CNC(=O)c2cccn2C(C)C)n1C. The van der Waals surface area contributed by atoms with Crippen LogP contribution in [-0.4, -0.2) is 25.2 Å². The van der Waals surface area contributed by atoms with E-state index in [0.717, 1.165) is 11.6 Å². The van der Waals surface area contributed by atoms with Gasteiger partial charge in [-0.25, -0.2) is 0 Å². The van der Waals surface area contributed by atoms with Crippen LogP contribution in [0.4, 0.5) is 0 Å². The highest BCUT2D eigenvalue weighted by molar-refractivity contribution is 5.92. The summed E-state index contributed by atoms with van der Waals surface area (Å²) in [5, 5.41) is 10.8. The summed E-state index contributed by atoms with van der Waals surface area (Å²) in [5.41, 5.74) is 0.661. The summed E-state index contributed by atoms with van der Waals surface area (Å²) >= 11 is 0. The molecule has 0 saturated carbocycles. The lowest BCUT2D eigenvalue weighted by Gasteiger charge is -2.12. The monoisotopic (exact) mass is 261 g/mol. The molecule has 1 amide bonds. The first-order chi connectivity index (χ1) is 9.00. The van der Waals surface area contributed by atoms with Crippen LogP contribution in [0.3, 0.4) is 0 Å². The van der Waals surface area contributed by atoms with Crippen molar-refractivity contribution in [2.45, 2.75) is 33.4 Å². The highest BCUT2D eigenvalue weighted by atomic mass is 16.1. The number of hydrogen-bond acceptors (Lipinski definition) is 3. The molecule has 0 aliphatic heterocycles. The Balaban J connectivity index is 2.06. The average Bonchev–Trinajstić information content (AvgIpc) is 2.96. The second kappa shape index (κ2) is 5.26. The predicted octanol–water partition coefficient (Wildman–Crippen LogP) is 1.44. The minimum absolute atomic E-state index is 0.0978. The van der Waals surface area contributed by atoms with Gasteiger partial charge in [0, 0.05) is 19.3 Å². The van der Waals surface area contributed by atoms with Crippen molar-refractivity contribution in [3.63, 3.8) is 0 Å². The van der Waals surface area contributed by atoms with Crippen molar-refractivity contribution in [3.05, 3.63) is 35.7 Å². The van der Waals surface area contributed by atoms with Gasteiger partial charge in [0.25, 0.3) is 5.91 Å². The lowest BCUT2D eigenvalue weighted by molar-refractivity contribution is 0.0939. The first kappa shape index (κ1) is 13.3. The van der Waals surface area contributed by atoms with Crippen molar-refractivity contribution in [1.82, 2.24) is 24.6 Å². The number of amides is 1. The number of aryl methyl sites for hydroxylation is 1. The molecule has 2 aromatic heterocycles. The van der Waals surface area contributed by atoms with Crippen LogP contribution in [0.1, 0.15) is 42.0 Å². The highest BCUT2D eigenvalue weighted by Gasteiger charge is 2.13. The quantitative estimate of drug-likeness (QED) is 0.905. The van der Waals surface area contributed by atoms with Gasteiger partial charge in [0.05, 0.1) is 6.54 Å². The van der Waals surface area contributed by atoms with Crippen LogP contribution in [0.2, 0.25) is 0 Å². The summed E-state index contributed by atoms with van der Waals surface area (Å²) in [7, 11) is 1.88. The van der Waals surface area contributed by atoms with Crippen LogP contribution < -0.4 is 5.32 Å². The minimum atomic E-state index is -0.0978. The van der Waals surface area contributed by atoms with Crippen LogP contribution in [0.5, 0.6) is 0 Å². The number of carbonyl (C=O) groups is 1. The van der Waals surface area contributed by atoms with Gasteiger partial charge in [0.15, 0.2) is 5.82 Å². The summed E-state index contributed by atoms with van der Waals surface area (Å²) < 4.78 is 3.80. The van der Waals surface area contributed by atoms with Gasteiger partial charge in [-0.3, -0.25) is 4.79 Å². The predicted molar refractivity (Wildman–Crippen MR) is 71.7 cm³/mol. The van der Waals surface area contributed by atoms with E-state index < -0.39 is 0 Å². The van der Waals surface area contributed by atoms with E-state index in [9.17, 15) is 4.79 Å². The van der Waals surface area contributed by atoms with E-state index in [4.69, 9.17) is 0 Å². The molecule has 1 N–H and O–H groups in total. The Kier molecular flexibility index (Phi) is 3.69. The van der Waals surface area contributed by atoms with Gasteiger partial charge < -0.3 is 14.5 Å². The van der Waals surface area contributed by atoms with Crippen molar-refractivity contribution in [2.24, 2.45) is 7.05 Å². The molecule has 0 aromatic carbocycles. The van der Waals surface area contributed by atoms with Crippen molar-refractivity contribution in [1.29, 1.82) is 0 Å². The molecule has 6 nitrogen and oxygen atoms in total. The summed E-state index contributed by atoms with van der Waals surface area (Å²) in [6, 6.07) is 3.95. The third-order valence-corrected chi connectivity index (χ3v) is 3.16. The number of hydrogen-bond donors (Lipinski definition) is 1. The fraction of sp³-hybridized carbons (Fsp3) is 0.462. The van der Waals surface area contributed by atoms with Crippen LogP contribution in [0.25, 0.3) is 0 Å². The van der Waals surface area contributed by atoms with Gasteiger partial charge in [0.1, 0.15) is 11.5 Å². The largest absolute Gasteiger partial charge is 0.343 e. The van der Waals surface area contributed by atoms with E-state index in [1.54, 1.807) is 0 Å². The molecule has 0 atom stereocenters. The molecule has 2 aromatic rings. The summed E-state index contributed by atoms with van der Waals surface area (Å²) in [4.78, 5) is 12.1. The lowest BCUT2D eigenvalue weighted by Crippen LogP contribution is -2.27. The van der Waals surface area contributed by atoms with Crippen molar-refractivity contribution < 1.29 is 4.79 Å². The molecule has 2 heterocycles. The molecule has 0 unspecified atom stereocenters. The maximum Gasteiger partial charge on any atom is 0.268 e. The van der Waals surface area contributed by atoms with E-state index in [0.29, 0.717) is 12.2 Å². The number of aromatic nitrogens is 4. The number of carbonyl (C=O) groups excluding carboxylic acids is 1. The summed E-state index contributed by atoms with van der Waals surface area (Å²) in [6.07, 6.45) is 1.91. The Labute approximate surface area is 112 Å². The van der Waals surface area contributed by atoms with Gasteiger partial charge in [-0.1, -0.05) is 0 Å². The Morgan fingerprint density at radius 2 is 2.16 bits per heavy atom. The molecule has 0 fully saturated rings. The van der Waals surface area contributed by atoms with E-state index >= 15 is 0 Å². The summed E-state index contributed by atoms with van der Waals surface area (Å²) in [6.45, 7) is 6.34. The maximum absolute atomic E-state index is 12.1. The van der Waals surface area contributed by atoms with Gasteiger partial charge >= 0.3 is 0 Å². The molecular weight excluding hydrogens is 242 g/mol. The average molecular weight is 261 g/mol. The van der Waals surface area contributed by atoms with Crippen LogP contribution in [-0.2, 0) is 13.6 Å². The maximum atomic E-state index is 12.1. The first-order valence-corrected chi connectivity index (χ1v) is 6.30. The van der Waals surface area contributed by atoms with E-state index in [1.165, 1.54) is 0 Å². The molecule has 0 spiro atoms. The standard InChI is InChI=1S/C13H19N5O/c1-9(2)18-7-5-6-11(18)13(19)14-8-12-16-15-10(3)17(12)4/h5-7,9H,8H2,1-4H3,(H,14,19). The van der Waals surface area contributed by atoms with Gasteiger partial charge in [-0.05, 0) is 32.9 Å². The molecule has 19 heavy (non-hydrogen) atoms. The molecule has 0 bridgehead atoms. The van der Waals surface area contributed by atoms with Gasteiger partial charge in [-0.2, -0.15) is 0 Å². The molecule has 0 radical (unpaired) electrons. The topological polar surface area (TPSA) is 64.7 Å². The number of nitrogens with one attached hydrogen (secondary N) is 1. The van der Waals surface area contributed by atoms with Crippen molar-refractivity contribution >= 4 is 5.91 Å². The minimum Gasteiger partial charge on any atom is -0.343 e. The van der Waals surface area contributed by atoms with E-state index in [1.807, 2.05) is 55.3 Å². The Morgan fingerprint density at radius 3 is 2.74 bits per heavy atom. The van der Waals surface area contributed by atoms with Crippen LogP contribution in [0.15, 0.2) is 18.3 Å². The second-order valence-corrected chi connectivity index (χ2v) is 4.80. The Bertz CT molecular complexity index is 582.